The maximum absolute atomic E-state index is 7.29. The summed E-state index contributed by atoms with van der Waals surface area (Å²) >= 11 is 14.5. The molecule has 2 aromatic rings. The van der Waals surface area contributed by atoms with Crippen LogP contribution in [0.1, 0.15) is 36.8 Å². The van der Waals surface area contributed by atoms with Crippen molar-refractivity contribution in [2.45, 2.75) is 25.7 Å². The molecule has 3 aliphatic heterocycles. The van der Waals surface area contributed by atoms with Crippen LogP contribution < -0.4 is 0 Å². The van der Waals surface area contributed by atoms with Gasteiger partial charge in [0.1, 0.15) is 0 Å². The van der Waals surface area contributed by atoms with Crippen molar-refractivity contribution < 1.29 is 14.2 Å². The van der Waals surface area contributed by atoms with Crippen LogP contribution in [0.3, 0.4) is 0 Å². The Bertz CT molecular complexity index is 1480. The maximum atomic E-state index is 7.29. The summed E-state index contributed by atoms with van der Waals surface area (Å²) in [4.78, 5) is 5.20. The van der Waals surface area contributed by atoms with Gasteiger partial charge >= 0.3 is 0 Å². The number of nitrogens with zero attached hydrogens (tertiary/aromatic N) is 3. The molecule has 46 heavy (non-hydrogen) atoms. The van der Waals surface area contributed by atoms with Crippen LogP contribution >= 0.6 is 38.0 Å². The lowest BCUT2D eigenvalue weighted by atomic mass is 10.1. The van der Waals surface area contributed by atoms with Crippen molar-refractivity contribution in [2.75, 3.05) is 78.9 Å². The van der Waals surface area contributed by atoms with E-state index in [1.54, 1.807) is 0 Å². The first-order chi connectivity index (χ1) is 22.5. The third-order valence-corrected chi connectivity index (χ3v) is 16.2. The van der Waals surface area contributed by atoms with E-state index >= 15 is 0 Å². The normalized spacial score (nSPS) is 24.8. The molecule has 244 valence electrons. The molecule has 2 aromatic carbocycles. The van der Waals surface area contributed by atoms with E-state index in [1.807, 2.05) is 0 Å². The molecule has 3 saturated heterocycles. The average Bonchev–Trinajstić information content (AvgIpc) is 3.73. The van der Waals surface area contributed by atoms with Crippen molar-refractivity contribution in [1.29, 1.82) is 0 Å². The average molecular weight is 788 g/mol. The Morgan fingerprint density at radius 1 is 0.543 bits per heavy atom. The van der Waals surface area contributed by atoms with Crippen LogP contribution in [0.5, 0.6) is 0 Å². The standard InChI is InChI=1S/C36H42Br2N3O3PS/c37-31-7-1-27(2-8-31)25-29-5-11-33(35(29)39-13-19-42-20-14-39)45(46,41-17-23-44-24-18-41)34-12-6-30(26-28-3-9-32(38)10-4-28)36(34)40-15-21-43-22-16-40/h1-4,7-10,25-26H,5-6,11-24H2/b29-25-,30-26+. The van der Waals surface area contributed by atoms with Crippen LogP contribution in [-0.2, 0) is 26.0 Å². The first-order valence-corrected chi connectivity index (χ1v) is 20.8. The lowest BCUT2D eigenvalue weighted by Crippen LogP contribution is -2.38. The Morgan fingerprint density at radius 2 is 0.913 bits per heavy atom. The number of hydrogen-bond donors (Lipinski definition) is 0. The Kier molecular flexibility index (Phi) is 10.7. The molecule has 0 aromatic heterocycles. The van der Waals surface area contributed by atoms with Crippen LogP contribution in [0.15, 0.2) is 90.6 Å². The molecule has 6 nitrogen and oxygen atoms in total. The molecule has 0 N–H and O–H groups in total. The largest absolute Gasteiger partial charge is 0.379 e. The summed E-state index contributed by atoms with van der Waals surface area (Å²) in [5, 5.41) is 3.00. The minimum Gasteiger partial charge on any atom is -0.379 e. The molecule has 0 amide bonds. The molecule has 7 rings (SSSR count). The van der Waals surface area contributed by atoms with Gasteiger partial charge in [0, 0.05) is 70.2 Å². The molecular weight excluding hydrogens is 745 g/mol. The summed E-state index contributed by atoms with van der Waals surface area (Å²) < 4.78 is 22.6. The monoisotopic (exact) mass is 785 g/mol. The van der Waals surface area contributed by atoms with E-state index in [9.17, 15) is 0 Å². The van der Waals surface area contributed by atoms with Crippen LogP contribution in [0.2, 0.25) is 0 Å². The molecule has 3 heterocycles. The molecule has 0 bridgehead atoms. The van der Waals surface area contributed by atoms with Crippen molar-refractivity contribution in [3.8, 4) is 0 Å². The number of morpholine rings is 3. The first-order valence-electron chi connectivity index (χ1n) is 16.5. The van der Waals surface area contributed by atoms with E-state index in [2.05, 4.69) is 107 Å². The molecule has 1 unspecified atom stereocenters. The third-order valence-electron chi connectivity index (χ3n) is 9.61. The fourth-order valence-corrected chi connectivity index (χ4v) is 13.2. The van der Waals surface area contributed by atoms with Crippen molar-refractivity contribution in [3.63, 3.8) is 0 Å². The second-order valence-electron chi connectivity index (χ2n) is 12.4. The van der Waals surface area contributed by atoms with Gasteiger partial charge in [-0.05, 0) is 84.4 Å². The Labute approximate surface area is 295 Å². The predicted molar refractivity (Wildman–Crippen MR) is 198 cm³/mol. The zero-order chi connectivity index (χ0) is 31.5. The summed E-state index contributed by atoms with van der Waals surface area (Å²) in [7, 11) is 0. The van der Waals surface area contributed by atoms with Gasteiger partial charge in [0.15, 0.2) is 0 Å². The van der Waals surface area contributed by atoms with Gasteiger partial charge in [-0.15, -0.1) is 0 Å². The van der Waals surface area contributed by atoms with E-state index in [0.717, 1.165) is 114 Å². The highest BCUT2D eigenvalue weighted by Gasteiger charge is 2.44. The van der Waals surface area contributed by atoms with Gasteiger partial charge in [0.2, 0.25) is 0 Å². The van der Waals surface area contributed by atoms with E-state index in [1.165, 1.54) is 44.3 Å². The second-order valence-corrected chi connectivity index (χ2v) is 18.6. The highest BCUT2D eigenvalue weighted by atomic mass is 79.9. The number of hydrogen-bond acceptors (Lipinski definition) is 6. The molecule has 10 heteroatoms. The van der Waals surface area contributed by atoms with E-state index in [4.69, 9.17) is 26.0 Å². The summed E-state index contributed by atoms with van der Waals surface area (Å²) in [6.45, 7) is 9.87. The number of allylic oxidation sites excluding steroid dienone is 4. The molecule has 3 fully saturated rings. The number of benzene rings is 2. The highest BCUT2D eigenvalue weighted by molar-refractivity contribution is 9.10. The zero-order valence-corrected chi connectivity index (χ0v) is 31.1. The summed E-state index contributed by atoms with van der Waals surface area (Å²) in [5.41, 5.74) is 8.11. The SMILES string of the molecule is S=P(C1=C(N2CCOCC2)/C(=C\c2ccc(Br)cc2)CC1)(C1=C(N2CCOCC2)/C(=C/c2ccc(Br)cc2)CC1)N1CCOCC1. The maximum Gasteiger partial charge on any atom is 0.0674 e. The van der Waals surface area contributed by atoms with Crippen molar-refractivity contribution in [1.82, 2.24) is 14.5 Å². The van der Waals surface area contributed by atoms with Gasteiger partial charge in [-0.2, -0.15) is 0 Å². The molecule has 0 radical (unpaired) electrons. The van der Waals surface area contributed by atoms with Gasteiger partial charge in [-0.1, -0.05) is 67.9 Å². The molecule has 0 spiro atoms. The smallest absolute Gasteiger partial charge is 0.0674 e. The van der Waals surface area contributed by atoms with Crippen LogP contribution in [0.4, 0.5) is 0 Å². The summed E-state index contributed by atoms with van der Waals surface area (Å²) in [5.74, 6) is 0. The number of rotatable bonds is 7. The minimum absolute atomic E-state index is 0.738. The Balaban J connectivity index is 1.42. The summed E-state index contributed by atoms with van der Waals surface area (Å²) in [6, 6.07) is 17.4. The van der Waals surface area contributed by atoms with Gasteiger partial charge in [0.05, 0.1) is 45.8 Å². The Morgan fingerprint density at radius 3 is 1.30 bits per heavy atom. The fraction of sp³-hybridized carbons (Fsp3) is 0.444. The lowest BCUT2D eigenvalue weighted by molar-refractivity contribution is 0.0546. The van der Waals surface area contributed by atoms with Crippen LogP contribution in [0.25, 0.3) is 12.2 Å². The zero-order valence-electron chi connectivity index (χ0n) is 26.3. The highest BCUT2D eigenvalue weighted by Crippen LogP contribution is 2.72. The predicted octanol–water partition coefficient (Wildman–Crippen LogP) is 8.08. The van der Waals surface area contributed by atoms with E-state index in [0.29, 0.717) is 0 Å². The van der Waals surface area contributed by atoms with Gasteiger partial charge in [-0.3, -0.25) is 4.67 Å². The van der Waals surface area contributed by atoms with Crippen LogP contribution in [-0.4, -0.2) is 93.4 Å². The minimum atomic E-state index is -2.35. The fourth-order valence-electron chi connectivity index (χ4n) is 7.43. The van der Waals surface area contributed by atoms with Crippen molar-refractivity contribution >= 4 is 62.0 Å². The first kappa shape index (κ1) is 33.0. The molecule has 0 saturated carbocycles. The van der Waals surface area contributed by atoms with Crippen molar-refractivity contribution in [3.05, 3.63) is 102 Å². The summed E-state index contributed by atoms with van der Waals surface area (Å²) in [6.07, 6.45) is 6.52. The van der Waals surface area contributed by atoms with Crippen LogP contribution in [0, 0.1) is 0 Å². The third kappa shape index (κ3) is 6.95. The molecule has 5 aliphatic rings. The number of ether oxygens (including phenoxy) is 3. The van der Waals surface area contributed by atoms with Crippen molar-refractivity contribution in [2.24, 2.45) is 0 Å². The molecule has 2 aliphatic carbocycles. The van der Waals surface area contributed by atoms with Gasteiger partial charge in [0.25, 0.3) is 0 Å². The van der Waals surface area contributed by atoms with E-state index < -0.39 is 6.19 Å². The molecular formula is C36H42Br2N3O3PS. The van der Waals surface area contributed by atoms with Gasteiger partial charge in [-0.25, -0.2) is 0 Å². The second kappa shape index (κ2) is 14.9. The molecule has 1 atom stereocenters. The topological polar surface area (TPSA) is 37.4 Å². The Hall–Kier alpha value is -1.55. The van der Waals surface area contributed by atoms with E-state index in [-0.39, 0.29) is 0 Å². The lowest BCUT2D eigenvalue weighted by Gasteiger charge is -2.43. The van der Waals surface area contributed by atoms with Gasteiger partial charge < -0.3 is 24.0 Å². The quantitative estimate of drug-likeness (QED) is 0.263. The number of halogens is 2.